The molecule has 9 heteroatoms. The van der Waals surface area contributed by atoms with Gasteiger partial charge in [0.1, 0.15) is 0 Å². The zero-order chi connectivity index (χ0) is 15.8. The molecule has 0 aliphatic rings. The minimum atomic E-state index is -4.15. The van der Waals surface area contributed by atoms with Crippen LogP contribution >= 0.6 is 11.6 Å². The lowest BCUT2D eigenvalue weighted by molar-refractivity contribution is 0.598. The number of anilines is 1. The van der Waals surface area contributed by atoms with Crippen LogP contribution in [0.4, 0.5) is 5.69 Å². The topological polar surface area (TPSA) is 112 Å². The van der Waals surface area contributed by atoms with E-state index in [0.29, 0.717) is 10.6 Å². The lowest BCUT2D eigenvalue weighted by Gasteiger charge is -2.11. The van der Waals surface area contributed by atoms with Crippen LogP contribution in [0.15, 0.2) is 32.7 Å². The highest BCUT2D eigenvalue weighted by Gasteiger charge is 2.23. The molecule has 0 aliphatic carbocycles. The molecule has 0 aliphatic heterocycles. The van der Waals surface area contributed by atoms with Crippen LogP contribution < -0.4 is 16.0 Å². The van der Waals surface area contributed by atoms with Crippen molar-refractivity contribution in [2.75, 3.05) is 4.72 Å². The van der Waals surface area contributed by atoms with Crippen LogP contribution in [0.1, 0.15) is 11.3 Å². The van der Waals surface area contributed by atoms with Crippen molar-refractivity contribution in [3.8, 4) is 0 Å². The number of rotatable bonds is 3. The summed E-state index contributed by atoms with van der Waals surface area (Å²) in [5.74, 6) is 0. The Morgan fingerprint density at radius 2 is 1.81 bits per heavy atom. The van der Waals surface area contributed by atoms with Crippen LogP contribution in [0.2, 0.25) is 5.02 Å². The van der Waals surface area contributed by atoms with Gasteiger partial charge in [-0.1, -0.05) is 17.7 Å². The van der Waals surface area contributed by atoms with E-state index in [-0.39, 0.29) is 11.4 Å². The Hall–Kier alpha value is -2.06. The molecule has 1 aromatic heterocycles. The summed E-state index contributed by atoms with van der Waals surface area (Å²) in [6.45, 7) is 2.97. The van der Waals surface area contributed by atoms with Gasteiger partial charge in [-0.3, -0.25) is 14.5 Å². The summed E-state index contributed by atoms with van der Waals surface area (Å²) < 4.78 is 26.9. The van der Waals surface area contributed by atoms with Crippen molar-refractivity contribution in [2.24, 2.45) is 0 Å². The van der Waals surface area contributed by atoms with Crippen molar-refractivity contribution in [1.82, 2.24) is 9.97 Å². The van der Waals surface area contributed by atoms with Gasteiger partial charge in [0, 0.05) is 10.7 Å². The number of aromatic amines is 2. The molecule has 3 N–H and O–H groups in total. The molecule has 0 unspecified atom stereocenters. The molecule has 1 aromatic carbocycles. The number of benzene rings is 1. The summed E-state index contributed by atoms with van der Waals surface area (Å²) in [4.78, 5) is 26.4. The molecule has 0 fully saturated rings. The monoisotopic (exact) mass is 329 g/mol. The number of halogens is 1. The van der Waals surface area contributed by atoms with Crippen LogP contribution in [0, 0.1) is 13.8 Å². The van der Waals surface area contributed by atoms with Gasteiger partial charge in [0.25, 0.3) is 15.6 Å². The fraction of sp³-hybridized carbons (Fsp3) is 0.167. The van der Waals surface area contributed by atoms with Crippen molar-refractivity contribution in [1.29, 1.82) is 0 Å². The Labute approximate surface area is 125 Å². The number of hydrogen-bond acceptors (Lipinski definition) is 4. The van der Waals surface area contributed by atoms with Crippen LogP contribution in [0.5, 0.6) is 0 Å². The van der Waals surface area contributed by atoms with E-state index in [1.54, 1.807) is 19.1 Å². The van der Waals surface area contributed by atoms with Gasteiger partial charge in [-0.15, -0.1) is 0 Å². The normalized spacial score (nSPS) is 11.4. The molecule has 21 heavy (non-hydrogen) atoms. The standard InChI is InChI=1S/C12H12ClN3O4S/c1-6-8(13)4-3-5-9(6)16-21(19,20)10-7(2)14-12(18)15-11(10)17/h3-5,16H,1-2H3,(H2,14,15,17,18). The van der Waals surface area contributed by atoms with E-state index in [2.05, 4.69) is 9.71 Å². The molecule has 0 spiro atoms. The highest BCUT2D eigenvalue weighted by atomic mass is 35.5. The summed E-state index contributed by atoms with van der Waals surface area (Å²) in [5, 5.41) is 0.391. The first kappa shape index (κ1) is 15.3. The van der Waals surface area contributed by atoms with E-state index >= 15 is 0 Å². The third-order valence-electron chi connectivity index (χ3n) is 2.86. The summed E-state index contributed by atoms with van der Waals surface area (Å²) in [6, 6.07) is 4.72. The number of hydrogen-bond donors (Lipinski definition) is 3. The predicted molar refractivity (Wildman–Crippen MR) is 79.4 cm³/mol. The maximum Gasteiger partial charge on any atom is 0.325 e. The van der Waals surface area contributed by atoms with Crippen LogP contribution in [-0.4, -0.2) is 18.4 Å². The molecular formula is C12H12ClN3O4S. The second kappa shape index (κ2) is 5.38. The van der Waals surface area contributed by atoms with Gasteiger partial charge < -0.3 is 4.98 Å². The minimum Gasteiger partial charge on any atom is -0.310 e. The molecule has 1 heterocycles. The van der Waals surface area contributed by atoms with Gasteiger partial charge in [0.15, 0.2) is 4.90 Å². The number of H-pyrrole nitrogens is 2. The molecule has 0 bridgehead atoms. The molecule has 0 saturated carbocycles. The second-order valence-corrected chi connectivity index (χ2v) is 6.41. The molecule has 0 radical (unpaired) electrons. The van der Waals surface area contributed by atoms with Gasteiger partial charge in [-0.2, -0.15) is 0 Å². The third kappa shape index (κ3) is 3.01. The summed E-state index contributed by atoms with van der Waals surface area (Å²) >= 11 is 5.92. The van der Waals surface area contributed by atoms with Gasteiger partial charge in [0.2, 0.25) is 0 Å². The fourth-order valence-electron chi connectivity index (χ4n) is 1.83. The third-order valence-corrected chi connectivity index (χ3v) is 4.78. The average molecular weight is 330 g/mol. The second-order valence-electron chi connectivity index (χ2n) is 4.38. The van der Waals surface area contributed by atoms with E-state index in [1.807, 2.05) is 4.98 Å². The molecular weight excluding hydrogens is 318 g/mol. The van der Waals surface area contributed by atoms with Crippen molar-refractivity contribution in [2.45, 2.75) is 18.7 Å². The maximum absolute atomic E-state index is 12.3. The summed E-state index contributed by atoms with van der Waals surface area (Å²) in [7, 11) is -4.15. The Bertz CT molecular complexity index is 915. The molecule has 7 nitrogen and oxygen atoms in total. The highest BCUT2D eigenvalue weighted by molar-refractivity contribution is 7.92. The quantitative estimate of drug-likeness (QED) is 0.783. The first-order valence-electron chi connectivity index (χ1n) is 5.83. The molecule has 2 rings (SSSR count). The van der Waals surface area contributed by atoms with Gasteiger partial charge in [0.05, 0.1) is 5.69 Å². The smallest absolute Gasteiger partial charge is 0.310 e. The Balaban J connectivity index is 2.57. The number of sulfonamides is 1. The summed E-state index contributed by atoms with van der Waals surface area (Å²) in [6.07, 6.45) is 0. The Morgan fingerprint density at radius 1 is 1.14 bits per heavy atom. The van der Waals surface area contributed by atoms with Crippen LogP contribution in [-0.2, 0) is 10.0 Å². The van der Waals surface area contributed by atoms with E-state index in [4.69, 9.17) is 11.6 Å². The predicted octanol–water partition coefficient (Wildman–Crippen LogP) is 1.13. The van der Waals surface area contributed by atoms with Crippen molar-refractivity contribution in [3.05, 3.63) is 55.3 Å². The molecule has 2 aromatic rings. The van der Waals surface area contributed by atoms with Crippen molar-refractivity contribution in [3.63, 3.8) is 0 Å². The number of aromatic nitrogens is 2. The summed E-state index contributed by atoms with van der Waals surface area (Å²) in [5.41, 5.74) is -1.01. The molecule has 0 amide bonds. The highest BCUT2D eigenvalue weighted by Crippen LogP contribution is 2.25. The van der Waals surface area contributed by atoms with Crippen molar-refractivity contribution >= 4 is 27.3 Å². The van der Waals surface area contributed by atoms with Crippen LogP contribution in [0.25, 0.3) is 0 Å². The first-order valence-corrected chi connectivity index (χ1v) is 7.69. The molecule has 0 saturated heterocycles. The van der Waals surface area contributed by atoms with Gasteiger partial charge in [-0.25, -0.2) is 13.2 Å². The van der Waals surface area contributed by atoms with Gasteiger partial charge >= 0.3 is 5.69 Å². The largest absolute Gasteiger partial charge is 0.325 e. The Morgan fingerprint density at radius 3 is 2.43 bits per heavy atom. The Kier molecular flexibility index (Phi) is 3.93. The number of nitrogens with one attached hydrogen (secondary N) is 3. The zero-order valence-corrected chi connectivity index (χ0v) is 12.7. The van der Waals surface area contributed by atoms with E-state index in [9.17, 15) is 18.0 Å². The molecule has 112 valence electrons. The van der Waals surface area contributed by atoms with Gasteiger partial charge in [-0.05, 0) is 31.5 Å². The lowest BCUT2D eigenvalue weighted by Crippen LogP contribution is -2.31. The first-order chi connectivity index (χ1) is 9.72. The van der Waals surface area contributed by atoms with Crippen LogP contribution in [0.3, 0.4) is 0 Å². The minimum absolute atomic E-state index is 0.0454. The van der Waals surface area contributed by atoms with E-state index < -0.39 is 26.2 Å². The molecule has 0 atom stereocenters. The lowest BCUT2D eigenvalue weighted by atomic mass is 10.2. The number of aryl methyl sites for hydroxylation is 1. The van der Waals surface area contributed by atoms with E-state index in [0.717, 1.165) is 0 Å². The fourth-order valence-corrected chi connectivity index (χ4v) is 3.36. The average Bonchev–Trinajstić information content (AvgIpc) is 2.33. The van der Waals surface area contributed by atoms with E-state index in [1.165, 1.54) is 13.0 Å². The maximum atomic E-state index is 12.3. The zero-order valence-electron chi connectivity index (χ0n) is 11.2. The SMILES string of the molecule is Cc1[nH]c(=O)[nH]c(=O)c1S(=O)(=O)Nc1cccc(Cl)c1C. The van der Waals surface area contributed by atoms with Crippen molar-refractivity contribution < 1.29 is 8.42 Å².